The van der Waals surface area contributed by atoms with E-state index >= 15 is 0 Å². The summed E-state index contributed by atoms with van der Waals surface area (Å²) in [5.74, 6) is -0.671. The molecular weight excluding hydrogens is 360 g/mol. The first-order chi connectivity index (χ1) is 13.2. The lowest BCUT2D eigenvalue weighted by Crippen LogP contribution is -2.39. The van der Waals surface area contributed by atoms with Crippen LogP contribution in [0, 0.1) is 17.3 Å². The molecule has 0 bridgehead atoms. The summed E-state index contributed by atoms with van der Waals surface area (Å²) in [5, 5.41) is 26.1. The summed E-state index contributed by atoms with van der Waals surface area (Å²) in [4.78, 5) is 30.9. The van der Waals surface area contributed by atoms with Gasteiger partial charge in [-0.05, 0) is 66.7 Å². The third-order valence-electron chi connectivity index (χ3n) is 6.75. The van der Waals surface area contributed by atoms with Crippen molar-refractivity contribution in [3.05, 3.63) is 34.9 Å². The molecule has 0 aromatic carbocycles. The zero-order valence-corrected chi connectivity index (χ0v) is 16.2. The summed E-state index contributed by atoms with van der Waals surface area (Å²) in [6, 6.07) is 0. The molecule has 0 spiro atoms. The predicted molar refractivity (Wildman–Crippen MR) is 103 cm³/mol. The van der Waals surface area contributed by atoms with Crippen molar-refractivity contribution >= 4 is 17.7 Å². The van der Waals surface area contributed by atoms with Crippen molar-refractivity contribution in [1.82, 2.24) is 0 Å². The topological polar surface area (TPSA) is 112 Å². The van der Waals surface area contributed by atoms with Crippen LogP contribution < -0.4 is 0 Å². The molecule has 0 heterocycles. The number of fused-ring (bicyclic) bond motifs is 4. The molecule has 0 unspecified atom stereocenters. The van der Waals surface area contributed by atoms with Gasteiger partial charge in [0.15, 0.2) is 5.78 Å². The lowest BCUT2D eigenvalue weighted by molar-refractivity contribution is -0.143. The number of ketones is 1. The maximum Gasteiger partial charge on any atom is 0.303 e. The highest BCUT2D eigenvalue weighted by molar-refractivity contribution is 5.93. The average molecular weight is 388 g/mol. The summed E-state index contributed by atoms with van der Waals surface area (Å²) >= 11 is 0. The number of hydrogen-bond donors (Lipinski definition) is 3. The van der Waals surface area contributed by atoms with Gasteiger partial charge in [-0.3, -0.25) is 14.4 Å². The van der Waals surface area contributed by atoms with Gasteiger partial charge in [0, 0.05) is 11.8 Å². The van der Waals surface area contributed by atoms with Crippen LogP contribution in [0.5, 0.6) is 0 Å². The molecule has 0 radical (unpaired) electrons. The second kappa shape index (κ2) is 8.03. The van der Waals surface area contributed by atoms with Gasteiger partial charge < -0.3 is 15.3 Å². The van der Waals surface area contributed by atoms with Crippen molar-refractivity contribution in [3.63, 3.8) is 0 Å². The number of carboxylic acid groups (broad SMARTS) is 2. The fourth-order valence-electron chi connectivity index (χ4n) is 5.21. The van der Waals surface area contributed by atoms with Gasteiger partial charge in [0.2, 0.25) is 0 Å². The Morgan fingerprint density at radius 3 is 2.39 bits per heavy atom. The minimum absolute atomic E-state index is 0.0274. The Bertz CT molecular complexity index is 760. The molecule has 6 heteroatoms. The monoisotopic (exact) mass is 388 g/mol. The van der Waals surface area contributed by atoms with Gasteiger partial charge in [-0.1, -0.05) is 19.1 Å². The van der Waals surface area contributed by atoms with Crippen LogP contribution in [0.1, 0.15) is 58.3 Å². The number of carbonyl (C=O) groups is 3. The van der Waals surface area contributed by atoms with Crippen molar-refractivity contribution in [2.45, 2.75) is 64.4 Å². The van der Waals surface area contributed by atoms with E-state index in [1.54, 1.807) is 0 Å². The van der Waals surface area contributed by atoms with Crippen LogP contribution in [0.25, 0.3) is 0 Å². The first-order valence-corrected chi connectivity index (χ1v) is 10.00. The molecular formula is C22H28O6. The van der Waals surface area contributed by atoms with Crippen LogP contribution in [0.4, 0.5) is 0 Å². The Morgan fingerprint density at radius 2 is 1.75 bits per heavy atom. The SMILES string of the molecule is C[C@]12C=CC3=C4CCC(=O)C=C4CC[C@H]3[C@@H]1CC[C@@H]2O.O=C(O)CCC(=O)O. The molecule has 1 saturated carbocycles. The fraction of sp³-hybridized carbons (Fsp3) is 0.591. The van der Waals surface area contributed by atoms with Gasteiger partial charge in [0.25, 0.3) is 0 Å². The maximum atomic E-state index is 11.6. The Balaban J connectivity index is 0.000000242. The third kappa shape index (κ3) is 3.97. The second-order valence-corrected chi connectivity index (χ2v) is 8.40. The molecule has 0 aromatic rings. The Labute approximate surface area is 164 Å². The summed E-state index contributed by atoms with van der Waals surface area (Å²) < 4.78 is 0. The molecule has 0 aromatic heterocycles. The van der Waals surface area contributed by atoms with E-state index in [0.29, 0.717) is 24.0 Å². The number of aliphatic carboxylic acids is 2. The van der Waals surface area contributed by atoms with Crippen LogP contribution in [-0.4, -0.2) is 39.1 Å². The van der Waals surface area contributed by atoms with Gasteiger partial charge in [-0.2, -0.15) is 0 Å². The standard InChI is InChI=1S/C18H22O2.C4H6O4/c1-18-9-8-14-13-5-3-12(19)10-11(13)2-4-15(14)16(18)6-7-17(18)20;5-3(6)1-2-4(7)8/h8-10,15-17,20H,2-7H2,1H3;1-2H2,(H,5,6)(H,7,8)/t15-,16+,17+,18+;/m1./s1. The Kier molecular flexibility index (Phi) is 5.89. The van der Waals surface area contributed by atoms with E-state index in [0.717, 1.165) is 32.1 Å². The molecule has 28 heavy (non-hydrogen) atoms. The number of aliphatic hydroxyl groups is 1. The van der Waals surface area contributed by atoms with Crippen molar-refractivity contribution in [3.8, 4) is 0 Å². The molecule has 0 aliphatic heterocycles. The van der Waals surface area contributed by atoms with Crippen molar-refractivity contribution in [1.29, 1.82) is 0 Å². The van der Waals surface area contributed by atoms with Crippen LogP contribution in [0.3, 0.4) is 0 Å². The van der Waals surface area contributed by atoms with Gasteiger partial charge in [-0.25, -0.2) is 0 Å². The highest BCUT2D eigenvalue weighted by Crippen LogP contribution is 2.57. The van der Waals surface area contributed by atoms with Crippen LogP contribution in [-0.2, 0) is 14.4 Å². The molecule has 4 atom stereocenters. The molecule has 4 rings (SSSR count). The van der Waals surface area contributed by atoms with Crippen LogP contribution >= 0.6 is 0 Å². The average Bonchev–Trinajstić information content (AvgIpc) is 2.95. The molecule has 6 nitrogen and oxygen atoms in total. The molecule has 0 amide bonds. The highest BCUT2D eigenvalue weighted by atomic mass is 16.4. The number of allylic oxidation sites excluding steroid dienone is 5. The number of hydrogen-bond acceptors (Lipinski definition) is 4. The van der Waals surface area contributed by atoms with Gasteiger partial charge in [0.05, 0.1) is 18.9 Å². The normalized spacial score (nSPS) is 33.1. The van der Waals surface area contributed by atoms with E-state index in [4.69, 9.17) is 10.2 Å². The zero-order chi connectivity index (χ0) is 20.5. The summed E-state index contributed by atoms with van der Waals surface area (Å²) in [6.07, 6.45) is 11.5. The molecule has 4 aliphatic carbocycles. The quantitative estimate of drug-likeness (QED) is 0.684. The molecule has 4 aliphatic rings. The summed E-state index contributed by atoms with van der Waals surface area (Å²) in [6.45, 7) is 2.23. The minimum atomic E-state index is -1.08. The minimum Gasteiger partial charge on any atom is -0.481 e. The maximum absolute atomic E-state index is 11.6. The van der Waals surface area contributed by atoms with E-state index in [2.05, 4.69) is 19.1 Å². The third-order valence-corrected chi connectivity index (χ3v) is 6.75. The van der Waals surface area contributed by atoms with E-state index < -0.39 is 11.9 Å². The molecule has 3 N–H and O–H groups in total. The van der Waals surface area contributed by atoms with Crippen molar-refractivity contribution in [2.75, 3.05) is 0 Å². The van der Waals surface area contributed by atoms with Crippen molar-refractivity contribution < 1.29 is 29.7 Å². The predicted octanol–water partition coefficient (Wildman–Crippen LogP) is 3.27. The van der Waals surface area contributed by atoms with E-state index in [1.165, 1.54) is 16.7 Å². The summed E-state index contributed by atoms with van der Waals surface area (Å²) in [7, 11) is 0. The van der Waals surface area contributed by atoms with E-state index in [9.17, 15) is 19.5 Å². The molecule has 1 fully saturated rings. The first kappa shape index (κ1) is 20.5. The largest absolute Gasteiger partial charge is 0.481 e. The summed E-state index contributed by atoms with van der Waals surface area (Å²) in [5.41, 5.74) is 4.19. The fourth-order valence-corrected chi connectivity index (χ4v) is 5.21. The van der Waals surface area contributed by atoms with E-state index in [1.807, 2.05) is 6.08 Å². The second-order valence-electron chi connectivity index (χ2n) is 8.40. The van der Waals surface area contributed by atoms with Gasteiger partial charge in [-0.15, -0.1) is 0 Å². The zero-order valence-electron chi connectivity index (χ0n) is 16.2. The van der Waals surface area contributed by atoms with E-state index in [-0.39, 0.29) is 24.4 Å². The molecule has 0 saturated heterocycles. The first-order valence-electron chi connectivity index (χ1n) is 10.00. The van der Waals surface area contributed by atoms with Crippen LogP contribution in [0.15, 0.2) is 34.9 Å². The number of rotatable bonds is 3. The number of carbonyl (C=O) groups excluding carboxylic acids is 1. The van der Waals surface area contributed by atoms with Crippen molar-refractivity contribution in [2.24, 2.45) is 17.3 Å². The Morgan fingerprint density at radius 1 is 1.07 bits per heavy atom. The number of aliphatic hydroxyl groups excluding tert-OH is 1. The highest BCUT2D eigenvalue weighted by Gasteiger charge is 2.51. The Hall–Kier alpha value is -2.21. The van der Waals surface area contributed by atoms with Gasteiger partial charge in [0.1, 0.15) is 0 Å². The van der Waals surface area contributed by atoms with Gasteiger partial charge >= 0.3 is 11.9 Å². The smallest absolute Gasteiger partial charge is 0.303 e. The van der Waals surface area contributed by atoms with Crippen LogP contribution in [0.2, 0.25) is 0 Å². The lowest BCUT2D eigenvalue weighted by Gasteiger charge is -2.44. The number of carboxylic acids is 2. The molecule has 152 valence electrons. The lowest BCUT2D eigenvalue weighted by atomic mass is 9.60.